The largest absolute Gasteiger partial charge is 0.481 e. The normalized spacial score (nSPS) is 17.9. The van der Waals surface area contributed by atoms with E-state index in [1.807, 2.05) is 0 Å². The summed E-state index contributed by atoms with van der Waals surface area (Å²) in [5.41, 5.74) is -0.441. The summed E-state index contributed by atoms with van der Waals surface area (Å²) in [5, 5.41) is 15.2. The number of nitrogens with zero attached hydrogens (tertiary/aromatic N) is 1. The first-order chi connectivity index (χ1) is 8.11. The monoisotopic (exact) mass is 238 g/mol. The Morgan fingerprint density at radius 2 is 2.18 bits per heavy atom. The number of hydrogen-bond donors (Lipinski definition) is 2. The topological polar surface area (TPSA) is 92.4 Å². The Kier molecular flexibility index (Phi) is 3.12. The molecular weight excluding hydrogens is 224 g/mol. The predicted molar refractivity (Wildman–Crippen MR) is 57.4 cm³/mol. The summed E-state index contributed by atoms with van der Waals surface area (Å²) in [4.78, 5) is 22.7. The highest BCUT2D eigenvalue weighted by atomic mass is 16.5. The number of amides is 1. The van der Waals surface area contributed by atoms with E-state index in [0.717, 1.165) is 12.8 Å². The molecule has 0 radical (unpaired) electrons. The molecule has 6 nitrogen and oxygen atoms in total. The van der Waals surface area contributed by atoms with Gasteiger partial charge in [0.2, 0.25) is 0 Å². The summed E-state index contributed by atoms with van der Waals surface area (Å²) in [6.45, 7) is 0. The zero-order valence-corrected chi connectivity index (χ0v) is 9.31. The smallest absolute Gasteiger partial charge is 0.305 e. The molecule has 1 aliphatic carbocycles. The highest BCUT2D eigenvalue weighted by Crippen LogP contribution is 2.32. The molecule has 0 atom stereocenters. The maximum absolute atomic E-state index is 11.8. The molecule has 0 spiro atoms. The number of nitrogens with one attached hydrogen (secondary N) is 1. The molecule has 1 heterocycles. The van der Waals surface area contributed by atoms with Gasteiger partial charge in [0, 0.05) is 6.07 Å². The first-order valence-electron chi connectivity index (χ1n) is 5.56. The fourth-order valence-electron chi connectivity index (χ4n) is 2.32. The first-order valence-corrected chi connectivity index (χ1v) is 5.56. The molecule has 0 bridgehead atoms. The fourth-order valence-corrected chi connectivity index (χ4v) is 2.32. The van der Waals surface area contributed by atoms with E-state index in [0.29, 0.717) is 12.8 Å². The molecular formula is C11H14N2O4. The molecule has 1 aliphatic rings. The van der Waals surface area contributed by atoms with Gasteiger partial charge in [0.05, 0.1) is 12.0 Å². The highest BCUT2D eigenvalue weighted by Gasteiger charge is 2.37. The second-order valence-electron chi connectivity index (χ2n) is 4.40. The van der Waals surface area contributed by atoms with Gasteiger partial charge >= 0.3 is 5.97 Å². The minimum absolute atomic E-state index is 0.0450. The lowest BCUT2D eigenvalue weighted by atomic mass is 9.93. The number of carboxylic acids is 1. The molecule has 0 aliphatic heterocycles. The molecule has 1 aromatic heterocycles. The molecule has 92 valence electrons. The van der Waals surface area contributed by atoms with E-state index in [-0.39, 0.29) is 18.0 Å². The molecule has 2 N–H and O–H groups in total. The van der Waals surface area contributed by atoms with E-state index in [1.165, 1.54) is 12.3 Å². The standard InChI is InChI=1S/C11H14N2O4/c14-9(15)7-11(4-1-2-5-11)12-10(16)8-3-6-17-13-8/h3,6H,1-2,4-5,7H2,(H,12,16)(H,14,15). The Morgan fingerprint density at radius 3 is 2.71 bits per heavy atom. The molecule has 17 heavy (non-hydrogen) atoms. The zero-order chi connectivity index (χ0) is 12.3. The highest BCUT2D eigenvalue weighted by molar-refractivity contribution is 5.92. The van der Waals surface area contributed by atoms with Crippen molar-refractivity contribution in [2.75, 3.05) is 0 Å². The molecule has 0 aromatic carbocycles. The minimum atomic E-state index is -0.896. The third kappa shape index (κ3) is 2.64. The van der Waals surface area contributed by atoms with Crippen molar-refractivity contribution < 1.29 is 19.2 Å². The van der Waals surface area contributed by atoms with Gasteiger partial charge in [-0.2, -0.15) is 0 Å². The van der Waals surface area contributed by atoms with Crippen LogP contribution >= 0.6 is 0 Å². The SMILES string of the molecule is O=C(O)CC1(NC(=O)c2ccon2)CCCC1. The van der Waals surface area contributed by atoms with Crippen molar-refractivity contribution in [3.05, 3.63) is 18.0 Å². The number of carbonyl (C=O) groups excluding carboxylic acids is 1. The number of carbonyl (C=O) groups is 2. The predicted octanol–water partition coefficient (Wildman–Crippen LogP) is 1.19. The Bertz CT molecular complexity index is 407. The van der Waals surface area contributed by atoms with E-state index in [9.17, 15) is 9.59 Å². The molecule has 2 rings (SSSR count). The lowest BCUT2D eigenvalue weighted by Gasteiger charge is -2.28. The quantitative estimate of drug-likeness (QED) is 0.822. The third-order valence-electron chi connectivity index (χ3n) is 3.10. The van der Waals surface area contributed by atoms with Crippen molar-refractivity contribution in [1.29, 1.82) is 0 Å². The third-order valence-corrected chi connectivity index (χ3v) is 3.10. The Balaban J connectivity index is 2.08. The van der Waals surface area contributed by atoms with Gasteiger partial charge in [0.1, 0.15) is 6.26 Å². The van der Waals surface area contributed by atoms with Crippen LogP contribution in [-0.2, 0) is 4.79 Å². The van der Waals surface area contributed by atoms with Crippen LogP contribution in [-0.4, -0.2) is 27.7 Å². The van der Waals surface area contributed by atoms with E-state index in [1.54, 1.807) is 0 Å². The van der Waals surface area contributed by atoms with Gasteiger partial charge in [-0.15, -0.1) is 0 Å². The maximum Gasteiger partial charge on any atom is 0.305 e. The van der Waals surface area contributed by atoms with Gasteiger partial charge in [0.25, 0.3) is 5.91 Å². The molecule has 1 amide bonds. The number of aliphatic carboxylic acids is 1. The van der Waals surface area contributed by atoms with Crippen LogP contribution in [0.25, 0.3) is 0 Å². The van der Waals surface area contributed by atoms with Crippen LogP contribution < -0.4 is 5.32 Å². The van der Waals surface area contributed by atoms with E-state index >= 15 is 0 Å². The van der Waals surface area contributed by atoms with Gasteiger partial charge in [-0.25, -0.2) is 0 Å². The maximum atomic E-state index is 11.8. The number of hydrogen-bond acceptors (Lipinski definition) is 4. The number of carboxylic acid groups (broad SMARTS) is 1. The number of rotatable bonds is 4. The van der Waals surface area contributed by atoms with E-state index in [4.69, 9.17) is 5.11 Å². The van der Waals surface area contributed by atoms with Crippen LogP contribution in [0.4, 0.5) is 0 Å². The zero-order valence-electron chi connectivity index (χ0n) is 9.31. The van der Waals surface area contributed by atoms with Gasteiger partial charge in [-0.1, -0.05) is 18.0 Å². The molecule has 0 unspecified atom stereocenters. The molecule has 1 saturated carbocycles. The molecule has 1 fully saturated rings. The van der Waals surface area contributed by atoms with Crippen molar-refractivity contribution in [3.8, 4) is 0 Å². The van der Waals surface area contributed by atoms with Gasteiger partial charge in [-0.05, 0) is 12.8 Å². The lowest BCUT2D eigenvalue weighted by molar-refractivity contribution is -0.138. The van der Waals surface area contributed by atoms with Crippen LogP contribution in [0.5, 0.6) is 0 Å². The summed E-state index contributed by atoms with van der Waals surface area (Å²) in [5.74, 6) is -1.27. The Labute approximate surface area is 98.0 Å². The second kappa shape index (κ2) is 4.57. The van der Waals surface area contributed by atoms with Gasteiger partial charge < -0.3 is 14.9 Å². The van der Waals surface area contributed by atoms with Crippen molar-refractivity contribution in [3.63, 3.8) is 0 Å². The van der Waals surface area contributed by atoms with Crippen LogP contribution in [0.3, 0.4) is 0 Å². The van der Waals surface area contributed by atoms with Crippen molar-refractivity contribution in [2.45, 2.75) is 37.6 Å². The Hall–Kier alpha value is -1.85. The number of aromatic nitrogens is 1. The van der Waals surface area contributed by atoms with Gasteiger partial charge in [-0.3, -0.25) is 9.59 Å². The van der Waals surface area contributed by atoms with Crippen molar-refractivity contribution in [2.24, 2.45) is 0 Å². The van der Waals surface area contributed by atoms with Crippen LogP contribution in [0.1, 0.15) is 42.6 Å². The molecule has 0 saturated heterocycles. The average Bonchev–Trinajstić information content (AvgIpc) is 2.86. The summed E-state index contributed by atoms with van der Waals surface area (Å²) in [6, 6.07) is 1.46. The summed E-state index contributed by atoms with van der Waals surface area (Å²) in [6.07, 6.45) is 4.54. The summed E-state index contributed by atoms with van der Waals surface area (Å²) in [7, 11) is 0. The minimum Gasteiger partial charge on any atom is -0.481 e. The summed E-state index contributed by atoms with van der Waals surface area (Å²) < 4.78 is 4.59. The van der Waals surface area contributed by atoms with Crippen LogP contribution in [0, 0.1) is 0 Å². The summed E-state index contributed by atoms with van der Waals surface area (Å²) >= 11 is 0. The van der Waals surface area contributed by atoms with Crippen LogP contribution in [0.15, 0.2) is 16.9 Å². The first kappa shape index (κ1) is 11.6. The van der Waals surface area contributed by atoms with E-state index in [2.05, 4.69) is 15.0 Å². The van der Waals surface area contributed by atoms with Crippen molar-refractivity contribution >= 4 is 11.9 Å². The molecule has 1 aromatic rings. The molecule has 6 heteroatoms. The van der Waals surface area contributed by atoms with Gasteiger partial charge in [0.15, 0.2) is 5.69 Å². The lowest BCUT2D eigenvalue weighted by Crippen LogP contribution is -2.47. The van der Waals surface area contributed by atoms with Crippen LogP contribution in [0.2, 0.25) is 0 Å². The Morgan fingerprint density at radius 1 is 1.47 bits per heavy atom. The second-order valence-corrected chi connectivity index (χ2v) is 4.40. The van der Waals surface area contributed by atoms with E-state index < -0.39 is 11.5 Å². The van der Waals surface area contributed by atoms with Crippen molar-refractivity contribution in [1.82, 2.24) is 10.5 Å². The fraction of sp³-hybridized carbons (Fsp3) is 0.545. The average molecular weight is 238 g/mol.